The average molecular weight is 203 g/mol. The number of hydrogen-bond donors (Lipinski definition) is 1. The third-order valence-electron chi connectivity index (χ3n) is 1.27. The molecule has 0 spiro atoms. The van der Waals surface area contributed by atoms with Crippen LogP contribution < -0.4 is 5.32 Å². The Labute approximate surface area is 89.0 Å². The quantitative estimate of drug-likeness (QED) is 0.657. The molecule has 1 aliphatic rings. The Kier molecular flexibility index (Phi) is 11.2. The lowest BCUT2D eigenvalue weighted by Crippen LogP contribution is -2.31. The lowest BCUT2D eigenvalue weighted by Gasteiger charge is -2.16. The number of nitrogens with one attached hydrogen (secondary N) is 1. The fourth-order valence-electron chi connectivity index (χ4n) is 0.615. The van der Waals surface area contributed by atoms with Crippen LogP contribution in [0.15, 0.2) is 11.5 Å². The predicted octanol–water partition coefficient (Wildman–Crippen LogP) is 3.07. The van der Waals surface area contributed by atoms with Gasteiger partial charge in [-0.25, -0.2) is 0 Å². The lowest BCUT2D eigenvalue weighted by molar-refractivity contribution is -0.125. The van der Waals surface area contributed by atoms with Gasteiger partial charge >= 0.3 is 0 Å². The number of hydrogen-bond acceptors (Lipinski definition) is 2. The van der Waals surface area contributed by atoms with E-state index in [1.54, 1.807) is 0 Å². The van der Waals surface area contributed by atoms with Crippen LogP contribution in [0.4, 0.5) is 0 Å². The van der Waals surface area contributed by atoms with Gasteiger partial charge in [0.2, 0.25) is 0 Å². The average Bonchev–Trinajstić information content (AvgIpc) is 2.17. The molecular weight excluding hydrogens is 178 g/mol. The first-order valence-electron chi connectivity index (χ1n) is 5.21. The van der Waals surface area contributed by atoms with Crippen LogP contribution >= 0.6 is 0 Å². The molecule has 0 saturated carbocycles. The van der Waals surface area contributed by atoms with Gasteiger partial charge in [-0.15, -0.1) is 0 Å². The molecule has 1 N–H and O–H groups in total. The molecule has 0 aliphatic carbocycles. The van der Waals surface area contributed by atoms with Gasteiger partial charge in [0.15, 0.2) is 6.61 Å². The van der Waals surface area contributed by atoms with Gasteiger partial charge in [0.25, 0.3) is 5.91 Å². The highest BCUT2D eigenvalue weighted by molar-refractivity contribution is 5.79. The third kappa shape index (κ3) is 7.65. The zero-order valence-corrected chi connectivity index (χ0v) is 10.2. The SMILES string of the molecule is CC.CC1=C(C)OCC(=O)N1.CCC.[HH]. The van der Waals surface area contributed by atoms with Crippen molar-refractivity contribution in [3.63, 3.8) is 0 Å². The molecule has 14 heavy (non-hydrogen) atoms. The van der Waals surface area contributed by atoms with E-state index in [1.807, 2.05) is 27.7 Å². The summed E-state index contributed by atoms with van der Waals surface area (Å²) in [5, 5.41) is 2.64. The second-order valence-electron chi connectivity index (χ2n) is 2.73. The highest BCUT2D eigenvalue weighted by Crippen LogP contribution is 2.05. The molecule has 3 nitrogen and oxygen atoms in total. The summed E-state index contributed by atoms with van der Waals surface area (Å²) in [5.41, 5.74) is 0.811. The van der Waals surface area contributed by atoms with Crippen LogP contribution in [-0.4, -0.2) is 12.5 Å². The largest absolute Gasteiger partial charge is 0.487 e. The van der Waals surface area contributed by atoms with Crippen LogP contribution in [-0.2, 0) is 9.53 Å². The smallest absolute Gasteiger partial charge is 0.262 e. The predicted molar refractivity (Wildman–Crippen MR) is 61.9 cm³/mol. The monoisotopic (exact) mass is 203 g/mol. The zero-order valence-electron chi connectivity index (χ0n) is 10.2. The van der Waals surface area contributed by atoms with E-state index in [9.17, 15) is 4.79 Å². The number of amides is 1. The van der Waals surface area contributed by atoms with Gasteiger partial charge in [-0.3, -0.25) is 4.79 Å². The van der Waals surface area contributed by atoms with E-state index >= 15 is 0 Å². The molecule has 86 valence electrons. The molecule has 3 heteroatoms. The van der Waals surface area contributed by atoms with Gasteiger partial charge in [-0.05, 0) is 13.8 Å². The van der Waals surface area contributed by atoms with Crippen LogP contribution in [0.2, 0.25) is 0 Å². The topological polar surface area (TPSA) is 38.3 Å². The van der Waals surface area contributed by atoms with Crippen LogP contribution in [0.1, 0.15) is 49.4 Å². The molecule has 0 fully saturated rings. The number of carbonyl (C=O) groups is 1. The van der Waals surface area contributed by atoms with Gasteiger partial charge < -0.3 is 10.1 Å². The van der Waals surface area contributed by atoms with E-state index in [0.717, 1.165) is 11.5 Å². The van der Waals surface area contributed by atoms with Crippen LogP contribution in [0, 0.1) is 0 Å². The Hall–Kier alpha value is -0.990. The van der Waals surface area contributed by atoms with Crippen molar-refractivity contribution in [2.75, 3.05) is 6.61 Å². The first kappa shape index (κ1) is 15.5. The fraction of sp³-hybridized carbons (Fsp3) is 0.727. The maximum atomic E-state index is 10.5. The highest BCUT2D eigenvalue weighted by Gasteiger charge is 2.10. The molecule has 0 saturated heterocycles. The molecule has 0 radical (unpaired) electrons. The minimum Gasteiger partial charge on any atom is -0.487 e. The van der Waals surface area contributed by atoms with Crippen LogP contribution in [0.25, 0.3) is 0 Å². The molecule has 1 heterocycles. The molecule has 1 rings (SSSR count). The molecule has 1 aliphatic heterocycles. The first-order valence-corrected chi connectivity index (χ1v) is 5.21. The van der Waals surface area contributed by atoms with Crippen molar-refractivity contribution in [2.45, 2.75) is 48.0 Å². The number of rotatable bonds is 0. The zero-order chi connectivity index (χ0) is 11.6. The second-order valence-corrected chi connectivity index (χ2v) is 2.73. The minimum atomic E-state index is -0.0712. The normalized spacial score (nSPS) is 14.0. The van der Waals surface area contributed by atoms with Crippen LogP contribution in [0.5, 0.6) is 0 Å². The summed E-state index contributed by atoms with van der Waals surface area (Å²) >= 11 is 0. The number of ether oxygens (including phenoxy) is 1. The molecule has 0 bridgehead atoms. The van der Waals surface area contributed by atoms with Gasteiger partial charge in [0, 0.05) is 1.43 Å². The Bertz CT molecular complexity index is 191. The second kappa shape index (κ2) is 10.1. The maximum absolute atomic E-state index is 10.5. The molecule has 0 atom stereocenters. The summed E-state index contributed by atoms with van der Waals surface area (Å²) in [4.78, 5) is 10.5. The summed E-state index contributed by atoms with van der Waals surface area (Å²) in [6.45, 7) is 12.0. The summed E-state index contributed by atoms with van der Waals surface area (Å²) < 4.78 is 4.97. The van der Waals surface area contributed by atoms with Crippen molar-refractivity contribution >= 4 is 5.91 Å². The molecular formula is C11H25NO2. The third-order valence-corrected chi connectivity index (χ3v) is 1.27. The van der Waals surface area contributed by atoms with E-state index in [-0.39, 0.29) is 13.9 Å². The van der Waals surface area contributed by atoms with E-state index in [2.05, 4.69) is 19.2 Å². The highest BCUT2D eigenvalue weighted by atomic mass is 16.5. The first-order chi connectivity index (χ1) is 6.61. The molecule has 0 aromatic heterocycles. The molecule has 0 aromatic carbocycles. The number of carbonyl (C=O) groups excluding carboxylic acids is 1. The van der Waals surface area contributed by atoms with E-state index in [0.29, 0.717) is 0 Å². The van der Waals surface area contributed by atoms with Crippen molar-refractivity contribution < 1.29 is 11.0 Å². The van der Waals surface area contributed by atoms with Gasteiger partial charge in [-0.2, -0.15) is 0 Å². The number of allylic oxidation sites excluding steroid dienone is 2. The van der Waals surface area contributed by atoms with Crippen molar-refractivity contribution in [1.29, 1.82) is 0 Å². The van der Waals surface area contributed by atoms with Crippen molar-refractivity contribution in [3.8, 4) is 0 Å². The Morgan fingerprint density at radius 1 is 1.36 bits per heavy atom. The Morgan fingerprint density at radius 2 is 1.79 bits per heavy atom. The van der Waals surface area contributed by atoms with Crippen molar-refractivity contribution in [3.05, 3.63) is 11.5 Å². The molecule has 0 aromatic rings. The minimum absolute atomic E-state index is 0. The van der Waals surface area contributed by atoms with E-state index in [4.69, 9.17) is 4.74 Å². The molecule has 1 amide bonds. The Balaban J connectivity index is -0.000000209. The standard InChI is InChI=1S/C6H9NO2.C3H8.C2H6.H2/c1-4-5(2)9-3-6(8)7-4;1-3-2;1-2;/h3H2,1-2H3,(H,7,8);3H2,1-2H3;1-2H3;1H. The van der Waals surface area contributed by atoms with Crippen LogP contribution in [0.3, 0.4) is 0 Å². The summed E-state index contributed by atoms with van der Waals surface area (Å²) in [5.74, 6) is 0.729. The summed E-state index contributed by atoms with van der Waals surface area (Å²) in [7, 11) is 0. The van der Waals surface area contributed by atoms with E-state index in [1.165, 1.54) is 6.42 Å². The van der Waals surface area contributed by atoms with Gasteiger partial charge in [-0.1, -0.05) is 34.1 Å². The fourth-order valence-corrected chi connectivity index (χ4v) is 0.615. The maximum Gasteiger partial charge on any atom is 0.262 e. The lowest BCUT2D eigenvalue weighted by atomic mass is 10.3. The van der Waals surface area contributed by atoms with Crippen molar-refractivity contribution in [2.24, 2.45) is 0 Å². The summed E-state index contributed by atoms with van der Waals surface area (Å²) in [6, 6.07) is 0. The Morgan fingerprint density at radius 3 is 2.07 bits per heavy atom. The van der Waals surface area contributed by atoms with E-state index < -0.39 is 0 Å². The van der Waals surface area contributed by atoms with Gasteiger partial charge in [0.05, 0.1) is 5.70 Å². The summed E-state index contributed by atoms with van der Waals surface area (Å²) in [6.07, 6.45) is 1.25. The van der Waals surface area contributed by atoms with Crippen molar-refractivity contribution in [1.82, 2.24) is 5.32 Å². The van der Waals surface area contributed by atoms with Gasteiger partial charge in [0.1, 0.15) is 5.76 Å². The molecule has 0 unspecified atom stereocenters.